The lowest BCUT2D eigenvalue weighted by molar-refractivity contribution is -0.121. The van der Waals surface area contributed by atoms with Crippen LogP contribution in [0.5, 0.6) is 0 Å². The van der Waals surface area contributed by atoms with E-state index in [0.717, 1.165) is 18.5 Å². The Morgan fingerprint density at radius 1 is 1.39 bits per heavy atom. The molecule has 1 saturated heterocycles. The van der Waals surface area contributed by atoms with Crippen molar-refractivity contribution in [1.82, 2.24) is 15.6 Å². The minimum atomic E-state index is 0. The Morgan fingerprint density at radius 2 is 2.11 bits per heavy atom. The van der Waals surface area contributed by atoms with E-state index in [0.29, 0.717) is 19.0 Å². The molecule has 0 bridgehead atoms. The zero-order valence-corrected chi connectivity index (χ0v) is 11.7. The van der Waals surface area contributed by atoms with Gasteiger partial charge in [-0.05, 0) is 37.1 Å². The molecule has 4 nitrogen and oxygen atoms in total. The smallest absolute Gasteiger partial charge is 0.221 e. The third-order valence-corrected chi connectivity index (χ3v) is 2.83. The lowest BCUT2D eigenvalue weighted by atomic mass is 10.1. The minimum Gasteiger partial charge on any atom is -0.352 e. The summed E-state index contributed by atoms with van der Waals surface area (Å²) >= 11 is 0. The van der Waals surface area contributed by atoms with Crippen LogP contribution in [0.15, 0.2) is 24.5 Å². The predicted molar refractivity (Wildman–Crippen MR) is 76.2 cm³/mol. The molecule has 1 aliphatic rings. The van der Waals surface area contributed by atoms with E-state index in [2.05, 4.69) is 15.6 Å². The molecule has 1 atom stereocenters. The molecule has 0 spiro atoms. The number of rotatable bonds is 4. The van der Waals surface area contributed by atoms with Crippen molar-refractivity contribution in [2.24, 2.45) is 0 Å². The first-order chi connectivity index (χ1) is 7.84. The van der Waals surface area contributed by atoms with E-state index in [-0.39, 0.29) is 30.7 Å². The molecule has 0 aromatic carbocycles. The Morgan fingerprint density at radius 3 is 2.72 bits per heavy atom. The molecule has 1 aliphatic heterocycles. The fourth-order valence-electron chi connectivity index (χ4n) is 1.93. The van der Waals surface area contributed by atoms with Gasteiger partial charge in [-0.1, -0.05) is 0 Å². The average molecular weight is 292 g/mol. The number of carbonyl (C=O) groups is 1. The Bertz CT molecular complexity index is 342. The summed E-state index contributed by atoms with van der Waals surface area (Å²) in [5.74, 6) is 0.121. The van der Waals surface area contributed by atoms with Crippen LogP contribution in [0.3, 0.4) is 0 Å². The van der Waals surface area contributed by atoms with Gasteiger partial charge < -0.3 is 10.6 Å². The highest BCUT2D eigenvalue weighted by atomic mass is 35.5. The summed E-state index contributed by atoms with van der Waals surface area (Å²) in [5, 5.41) is 6.23. The van der Waals surface area contributed by atoms with E-state index in [9.17, 15) is 4.79 Å². The highest BCUT2D eigenvalue weighted by molar-refractivity contribution is 5.85. The highest BCUT2D eigenvalue weighted by Gasteiger charge is 2.17. The Balaban J connectivity index is 0.00000144. The number of hydrogen-bond acceptors (Lipinski definition) is 3. The number of nitrogens with one attached hydrogen (secondary N) is 2. The number of amides is 1. The fraction of sp³-hybridized carbons (Fsp3) is 0.500. The van der Waals surface area contributed by atoms with Gasteiger partial charge in [0.15, 0.2) is 0 Å². The number of nitrogens with zero attached hydrogens (tertiary/aromatic N) is 1. The molecule has 18 heavy (non-hydrogen) atoms. The number of hydrogen-bond donors (Lipinski definition) is 2. The summed E-state index contributed by atoms with van der Waals surface area (Å²) in [6, 6.07) is 4.19. The third kappa shape index (κ3) is 5.67. The quantitative estimate of drug-likeness (QED) is 0.888. The first-order valence-corrected chi connectivity index (χ1v) is 5.73. The second-order valence-electron chi connectivity index (χ2n) is 4.13. The SMILES string of the molecule is Cl.Cl.O=C(CC1CCCN1)NCc1ccncc1. The van der Waals surface area contributed by atoms with Gasteiger partial charge in [0.1, 0.15) is 0 Å². The molecule has 0 radical (unpaired) electrons. The van der Waals surface area contributed by atoms with Crippen LogP contribution in [0, 0.1) is 0 Å². The molecule has 2 N–H and O–H groups in total. The van der Waals surface area contributed by atoms with Gasteiger partial charge in [0.05, 0.1) is 0 Å². The average Bonchev–Trinajstić information content (AvgIpc) is 2.81. The molecule has 1 fully saturated rings. The molecule has 0 aliphatic carbocycles. The largest absolute Gasteiger partial charge is 0.352 e. The van der Waals surface area contributed by atoms with Crippen molar-refractivity contribution >= 4 is 30.7 Å². The molecule has 1 amide bonds. The monoisotopic (exact) mass is 291 g/mol. The van der Waals surface area contributed by atoms with Crippen LogP contribution in [0.1, 0.15) is 24.8 Å². The van der Waals surface area contributed by atoms with Crippen LogP contribution in [0.25, 0.3) is 0 Å². The van der Waals surface area contributed by atoms with Gasteiger partial charge in [-0.3, -0.25) is 9.78 Å². The summed E-state index contributed by atoms with van der Waals surface area (Å²) in [4.78, 5) is 15.5. The molecule has 2 rings (SSSR count). The summed E-state index contributed by atoms with van der Waals surface area (Å²) in [6.45, 7) is 1.64. The molecule has 0 saturated carbocycles. The summed E-state index contributed by atoms with van der Waals surface area (Å²) in [6.07, 6.45) is 6.36. The van der Waals surface area contributed by atoms with Crippen LogP contribution in [0.4, 0.5) is 0 Å². The lowest BCUT2D eigenvalue weighted by Gasteiger charge is -2.10. The predicted octanol–water partition coefficient (Wildman–Crippen LogP) is 1.68. The second-order valence-corrected chi connectivity index (χ2v) is 4.13. The van der Waals surface area contributed by atoms with Gasteiger partial charge in [0.25, 0.3) is 0 Å². The van der Waals surface area contributed by atoms with E-state index in [4.69, 9.17) is 0 Å². The van der Waals surface area contributed by atoms with Crippen molar-refractivity contribution in [3.63, 3.8) is 0 Å². The van der Waals surface area contributed by atoms with E-state index >= 15 is 0 Å². The first-order valence-electron chi connectivity index (χ1n) is 5.73. The van der Waals surface area contributed by atoms with Crippen LogP contribution in [0.2, 0.25) is 0 Å². The molecular weight excluding hydrogens is 273 g/mol. The topological polar surface area (TPSA) is 54.0 Å². The van der Waals surface area contributed by atoms with Gasteiger partial charge in [-0.15, -0.1) is 24.8 Å². The van der Waals surface area contributed by atoms with Crippen molar-refractivity contribution in [2.75, 3.05) is 6.54 Å². The summed E-state index contributed by atoms with van der Waals surface area (Å²) < 4.78 is 0. The zero-order valence-electron chi connectivity index (χ0n) is 10.1. The molecule has 1 unspecified atom stereocenters. The second kappa shape index (κ2) is 9.14. The minimum absolute atomic E-state index is 0. The maximum absolute atomic E-state index is 11.6. The van der Waals surface area contributed by atoms with Crippen LogP contribution < -0.4 is 10.6 Å². The number of aromatic nitrogens is 1. The van der Waals surface area contributed by atoms with Gasteiger partial charge >= 0.3 is 0 Å². The molecule has 1 aromatic heterocycles. The summed E-state index contributed by atoms with van der Waals surface area (Å²) in [5.41, 5.74) is 1.09. The van der Waals surface area contributed by atoms with Crippen molar-refractivity contribution in [3.05, 3.63) is 30.1 Å². The maximum atomic E-state index is 11.6. The fourth-order valence-corrected chi connectivity index (χ4v) is 1.93. The first kappa shape index (κ1) is 17.2. The molecule has 1 aromatic rings. The van der Waals surface area contributed by atoms with E-state index in [1.165, 1.54) is 6.42 Å². The zero-order chi connectivity index (χ0) is 11.2. The van der Waals surface area contributed by atoms with Crippen LogP contribution in [-0.2, 0) is 11.3 Å². The number of carbonyl (C=O) groups excluding carboxylic acids is 1. The van der Waals surface area contributed by atoms with Crippen molar-refractivity contribution in [1.29, 1.82) is 0 Å². The van der Waals surface area contributed by atoms with E-state index in [1.807, 2.05) is 12.1 Å². The van der Waals surface area contributed by atoms with Crippen LogP contribution >= 0.6 is 24.8 Å². The van der Waals surface area contributed by atoms with Crippen molar-refractivity contribution in [3.8, 4) is 0 Å². The van der Waals surface area contributed by atoms with E-state index in [1.54, 1.807) is 12.4 Å². The third-order valence-electron chi connectivity index (χ3n) is 2.83. The molecule has 6 heteroatoms. The van der Waals surface area contributed by atoms with Gasteiger partial charge in [-0.2, -0.15) is 0 Å². The Labute approximate surface area is 120 Å². The number of pyridine rings is 1. The lowest BCUT2D eigenvalue weighted by Crippen LogP contribution is -2.31. The molecule has 102 valence electrons. The van der Waals surface area contributed by atoms with Gasteiger partial charge in [0, 0.05) is 31.4 Å². The Kier molecular flexibility index (Phi) is 8.71. The standard InChI is InChI=1S/C12H17N3O.2ClH/c16-12(8-11-2-1-5-14-11)15-9-10-3-6-13-7-4-10;;/h3-4,6-7,11,14H,1-2,5,8-9H2,(H,15,16);2*1H. The summed E-state index contributed by atoms with van der Waals surface area (Å²) in [7, 11) is 0. The maximum Gasteiger partial charge on any atom is 0.221 e. The Hall–Kier alpha value is -0.840. The van der Waals surface area contributed by atoms with Crippen molar-refractivity contribution in [2.45, 2.75) is 31.8 Å². The highest BCUT2D eigenvalue weighted by Crippen LogP contribution is 2.08. The molecule has 2 heterocycles. The van der Waals surface area contributed by atoms with Gasteiger partial charge in [0.2, 0.25) is 5.91 Å². The molecular formula is C12H19Cl2N3O. The number of halogens is 2. The van der Waals surface area contributed by atoms with E-state index < -0.39 is 0 Å². The normalized spacial score (nSPS) is 17.4. The van der Waals surface area contributed by atoms with Crippen LogP contribution in [-0.4, -0.2) is 23.5 Å². The van der Waals surface area contributed by atoms with Crippen molar-refractivity contribution < 1.29 is 4.79 Å². The van der Waals surface area contributed by atoms with Gasteiger partial charge in [-0.25, -0.2) is 0 Å².